The van der Waals surface area contributed by atoms with Gasteiger partial charge in [-0.15, -0.1) is 24.0 Å². The maximum absolute atomic E-state index is 11.6. The number of halogens is 1. The molecule has 0 spiro atoms. The molecule has 0 unspecified atom stereocenters. The molecule has 0 bridgehead atoms. The standard InChI is InChI=1S/C20H26N4O2.HI/c1-14-8-15(2)10-17(9-14)23-20(21)22-12-16-6-5-7-18(11-16)26-13-19(25)24(3)4;/h5-11H,12-13H2,1-4H3,(H3,21,22,23);1H. The molecule has 0 saturated carbocycles. The Morgan fingerprint density at radius 2 is 1.81 bits per heavy atom. The Bertz CT molecular complexity index is 786. The van der Waals surface area contributed by atoms with E-state index in [1.54, 1.807) is 14.1 Å². The number of rotatable bonds is 6. The van der Waals surface area contributed by atoms with E-state index < -0.39 is 0 Å². The van der Waals surface area contributed by atoms with E-state index in [2.05, 4.69) is 16.4 Å². The molecule has 146 valence electrons. The second-order valence-corrected chi connectivity index (χ2v) is 6.43. The number of benzene rings is 2. The molecule has 0 aliphatic carbocycles. The summed E-state index contributed by atoms with van der Waals surface area (Å²) in [6.07, 6.45) is 0. The van der Waals surface area contributed by atoms with Gasteiger partial charge in [0.1, 0.15) is 5.75 Å². The van der Waals surface area contributed by atoms with Crippen molar-refractivity contribution in [3.63, 3.8) is 0 Å². The van der Waals surface area contributed by atoms with Crippen molar-refractivity contribution in [3.8, 4) is 5.75 Å². The van der Waals surface area contributed by atoms with Gasteiger partial charge in [0.05, 0.1) is 6.54 Å². The second-order valence-electron chi connectivity index (χ2n) is 6.43. The Labute approximate surface area is 177 Å². The van der Waals surface area contributed by atoms with Gasteiger partial charge < -0.3 is 20.7 Å². The number of likely N-dealkylation sites (N-methyl/N-ethyl adjacent to an activating group) is 1. The van der Waals surface area contributed by atoms with Gasteiger partial charge in [0.25, 0.3) is 5.91 Å². The molecule has 0 fully saturated rings. The largest absolute Gasteiger partial charge is 0.484 e. The van der Waals surface area contributed by atoms with Crippen molar-refractivity contribution in [1.29, 1.82) is 0 Å². The number of aryl methyl sites for hydroxylation is 2. The van der Waals surface area contributed by atoms with Gasteiger partial charge in [0, 0.05) is 19.8 Å². The van der Waals surface area contributed by atoms with Gasteiger partial charge in [-0.25, -0.2) is 4.99 Å². The molecule has 2 aromatic rings. The third-order valence-electron chi connectivity index (χ3n) is 3.69. The highest BCUT2D eigenvalue weighted by Gasteiger charge is 2.05. The van der Waals surface area contributed by atoms with Gasteiger partial charge in [-0.05, 0) is 54.8 Å². The summed E-state index contributed by atoms with van der Waals surface area (Å²) in [6.45, 7) is 4.51. The molecule has 0 radical (unpaired) electrons. The van der Waals surface area contributed by atoms with Gasteiger partial charge in [-0.3, -0.25) is 4.79 Å². The van der Waals surface area contributed by atoms with E-state index >= 15 is 0 Å². The molecule has 27 heavy (non-hydrogen) atoms. The number of hydrogen-bond donors (Lipinski definition) is 2. The maximum atomic E-state index is 11.6. The molecule has 0 saturated heterocycles. The SMILES string of the molecule is Cc1cc(C)cc(NC(N)=NCc2cccc(OCC(=O)N(C)C)c2)c1.I. The van der Waals surface area contributed by atoms with Crippen LogP contribution in [0, 0.1) is 13.8 Å². The Morgan fingerprint density at radius 3 is 2.44 bits per heavy atom. The number of nitrogens with zero attached hydrogens (tertiary/aromatic N) is 2. The van der Waals surface area contributed by atoms with Crippen molar-refractivity contribution in [2.45, 2.75) is 20.4 Å². The zero-order chi connectivity index (χ0) is 19.1. The third kappa shape index (κ3) is 7.86. The molecule has 1 amide bonds. The first kappa shape index (κ1) is 22.8. The zero-order valence-corrected chi connectivity index (χ0v) is 18.5. The monoisotopic (exact) mass is 482 g/mol. The Balaban J connectivity index is 0.00000364. The third-order valence-corrected chi connectivity index (χ3v) is 3.69. The highest BCUT2D eigenvalue weighted by Crippen LogP contribution is 2.15. The molecule has 0 heterocycles. The van der Waals surface area contributed by atoms with Gasteiger partial charge in [-0.1, -0.05) is 18.2 Å². The van der Waals surface area contributed by atoms with E-state index in [9.17, 15) is 4.79 Å². The topological polar surface area (TPSA) is 80.0 Å². The number of hydrogen-bond acceptors (Lipinski definition) is 3. The number of carbonyl (C=O) groups is 1. The van der Waals surface area contributed by atoms with E-state index in [1.165, 1.54) is 4.90 Å². The molecule has 0 aromatic heterocycles. The fraction of sp³-hybridized carbons (Fsp3) is 0.300. The molecule has 0 aliphatic rings. The van der Waals surface area contributed by atoms with Gasteiger partial charge in [0.15, 0.2) is 12.6 Å². The van der Waals surface area contributed by atoms with Crippen LogP contribution >= 0.6 is 24.0 Å². The lowest BCUT2D eigenvalue weighted by atomic mass is 10.1. The van der Waals surface area contributed by atoms with Crippen LogP contribution < -0.4 is 15.8 Å². The lowest BCUT2D eigenvalue weighted by molar-refractivity contribution is -0.130. The molecule has 7 heteroatoms. The normalized spacial score (nSPS) is 10.7. The minimum Gasteiger partial charge on any atom is -0.484 e. The summed E-state index contributed by atoms with van der Waals surface area (Å²) in [5.41, 5.74) is 10.2. The van der Waals surface area contributed by atoms with E-state index in [4.69, 9.17) is 10.5 Å². The van der Waals surface area contributed by atoms with Crippen LogP contribution in [0.4, 0.5) is 5.69 Å². The predicted molar refractivity (Wildman–Crippen MR) is 121 cm³/mol. The first-order chi connectivity index (χ1) is 12.3. The van der Waals surface area contributed by atoms with E-state index in [1.807, 2.05) is 50.2 Å². The molecule has 6 nitrogen and oxygen atoms in total. The number of carbonyl (C=O) groups excluding carboxylic acids is 1. The minimum absolute atomic E-state index is 0. The van der Waals surface area contributed by atoms with Crippen molar-refractivity contribution >= 4 is 41.5 Å². The average Bonchev–Trinajstić information content (AvgIpc) is 2.57. The van der Waals surface area contributed by atoms with Gasteiger partial charge in [0.2, 0.25) is 0 Å². The van der Waals surface area contributed by atoms with Crippen molar-refractivity contribution in [1.82, 2.24) is 4.90 Å². The van der Waals surface area contributed by atoms with Crippen LogP contribution in [-0.4, -0.2) is 37.5 Å². The Morgan fingerprint density at radius 1 is 1.15 bits per heavy atom. The summed E-state index contributed by atoms with van der Waals surface area (Å²) >= 11 is 0. The maximum Gasteiger partial charge on any atom is 0.259 e. The summed E-state index contributed by atoms with van der Waals surface area (Å²) < 4.78 is 5.51. The number of ether oxygens (including phenoxy) is 1. The minimum atomic E-state index is -0.0877. The number of nitrogens with one attached hydrogen (secondary N) is 1. The molecule has 2 rings (SSSR count). The van der Waals surface area contributed by atoms with Crippen LogP contribution in [0.3, 0.4) is 0 Å². The van der Waals surface area contributed by atoms with Crippen LogP contribution in [0.2, 0.25) is 0 Å². The average molecular weight is 482 g/mol. The quantitative estimate of drug-likeness (QED) is 0.376. The van der Waals surface area contributed by atoms with Crippen molar-refractivity contribution in [2.24, 2.45) is 10.7 Å². The van der Waals surface area contributed by atoms with E-state index in [0.29, 0.717) is 18.3 Å². The summed E-state index contributed by atoms with van der Waals surface area (Å²) in [4.78, 5) is 17.5. The van der Waals surface area contributed by atoms with Crippen molar-refractivity contribution < 1.29 is 9.53 Å². The predicted octanol–water partition coefficient (Wildman–Crippen LogP) is 3.32. The number of nitrogens with two attached hydrogens (primary N) is 1. The number of anilines is 1. The number of guanidine groups is 1. The second kappa shape index (κ2) is 10.8. The first-order valence-corrected chi connectivity index (χ1v) is 8.40. The Kier molecular flexibility index (Phi) is 9.07. The van der Waals surface area contributed by atoms with Gasteiger partial charge >= 0.3 is 0 Å². The van der Waals surface area contributed by atoms with Crippen molar-refractivity contribution in [2.75, 3.05) is 26.0 Å². The highest BCUT2D eigenvalue weighted by molar-refractivity contribution is 14.0. The highest BCUT2D eigenvalue weighted by atomic mass is 127. The van der Waals surface area contributed by atoms with Crippen LogP contribution in [0.25, 0.3) is 0 Å². The zero-order valence-electron chi connectivity index (χ0n) is 16.2. The summed E-state index contributed by atoms with van der Waals surface area (Å²) in [5.74, 6) is 0.896. The molecule has 3 N–H and O–H groups in total. The van der Waals surface area contributed by atoms with Gasteiger partial charge in [-0.2, -0.15) is 0 Å². The number of aliphatic imine (C=N–C) groups is 1. The Hall–Kier alpha value is -2.29. The van der Waals surface area contributed by atoms with E-state index in [-0.39, 0.29) is 36.5 Å². The summed E-state index contributed by atoms with van der Waals surface area (Å²) in [5, 5.41) is 3.11. The summed E-state index contributed by atoms with van der Waals surface area (Å²) in [6, 6.07) is 13.6. The molecular weight excluding hydrogens is 455 g/mol. The molecule has 0 aliphatic heterocycles. The molecule has 0 atom stereocenters. The lowest BCUT2D eigenvalue weighted by Crippen LogP contribution is -2.27. The smallest absolute Gasteiger partial charge is 0.259 e. The number of amides is 1. The van der Waals surface area contributed by atoms with Crippen molar-refractivity contribution in [3.05, 3.63) is 59.2 Å². The van der Waals surface area contributed by atoms with E-state index in [0.717, 1.165) is 22.4 Å². The summed E-state index contributed by atoms with van der Waals surface area (Å²) in [7, 11) is 3.39. The van der Waals surface area contributed by atoms with Crippen LogP contribution in [0.1, 0.15) is 16.7 Å². The van der Waals surface area contributed by atoms with Crippen LogP contribution in [0.5, 0.6) is 5.75 Å². The van der Waals surface area contributed by atoms with Crippen LogP contribution in [-0.2, 0) is 11.3 Å². The van der Waals surface area contributed by atoms with Crippen LogP contribution in [0.15, 0.2) is 47.5 Å². The fourth-order valence-electron chi connectivity index (χ4n) is 2.42. The lowest BCUT2D eigenvalue weighted by Gasteiger charge is -2.12. The molecule has 2 aromatic carbocycles. The molecular formula is C20H27IN4O2. The fourth-order valence-corrected chi connectivity index (χ4v) is 2.42. The first-order valence-electron chi connectivity index (χ1n) is 8.40.